The zero-order valence-corrected chi connectivity index (χ0v) is 8.28. The first-order valence-corrected chi connectivity index (χ1v) is 4.83. The molecule has 0 aromatic heterocycles. The van der Waals surface area contributed by atoms with Crippen LogP contribution in [0.2, 0.25) is 0 Å². The Kier molecular flexibility index (Phi) is 2.85. The average molecular weight is 215 g/mol. The van der Waals surface area contributed by atoms with E-state index in [9.17, 15) is 9.59 Å². The molecule has 7 nitrogen and oxygen atoms in total. The molecule has 2 heterocycles. The second-order valence-corrected chi connectivity index (χ2v) is 3.33. The quantitative estimate of drug-likeness (QED) is 0.465. The molecule has 0 spiro atoms. The van der Waals surface area contributed by atoms with Crippen molar-refractivity contribution in [1.82, 2.24) is 16.1 Å². The molecule has 3 atom stereocenters. The third-order valence-electron chi connectivity index (χ3n) is 2.42. The van der Waals surface area contributed by atoms with E-state index in [1.165, 1.54) is 0 Å². The van der Waals surface area contributed by atoms with E-state index in [-0.39, 0.29) is 12.5 Å². The Morgan fingerprint density at radius 1 is 1.67 bits per heavy atom. The molecule has 2 rings (SSSR count). The number of hydrogen-bond donors (Lipinski definition) is 3. The molecular weight excluding hydrogens is 202 g/mol. The van der Waals surface area contributed by atoms with Gasteiger partial charge in [-0.05, 0) is 6.92 Å². The van der Waals surface area contributed by atoms with Gasteiger partial charge in [0.1, 0.15) is 18.2 Å². The lowest BCUT2D eigenvalue weighted by molar-refractivity contribution is -0.149. The van der Waals surface area contributed by atoms with E-state index in [1.54, 1.807) is 6.92 Å². The maximum atomic E-state index is 11.5. The van der Waals surface area contributed by atoms with E-state index in [0.717, 1.165) is 0 Å². The molecule has 2 saturated heterocycles. The minimum Gasteiger partial charge on any atom is -0.465 e. The van der Waals surface area contributed by atoms with Crippen LogP contribution in [0.5, 0.6) is 0 Å². The minimum absolute atomic E-state index is 0.207. The Labute approximate surface area is 86.4 Å². The molecule has 0 aromatic rings. The third-order valence-corrected chi connectivity index (χ3v) is 2.42. The van der Waals surface area contributed by atoms with Crippen LogP contribution in [0, 0.1) is 5.92 Å². The molecule has 15 heavy (non-hydrogen) atoms. The molecule has 3 unspecified atom stereocenters. The zero-order valence-electron chi connectivity index (χ0n) is 8.28. The van der Waals surface area contributed by atoms with E-state index < -0.39 is 24.2 Å². The molecule has 2 aliphatic heterocycles. The Bertz CT molecular complexity index is 283. The van der Waals surface area contributed by atoms with Crippen molar-refractivity contribution in [2.24, 2.45) is 5.92 Å². The number of fused-ring (bicyclic) bond motifs is 1. The Morgan fingerprint density at radius 3 is 3.20 bits per heavy atom. The summed E-state index contributed by atoms with van der Waals surface area (Å²) in [4.78, 5) is 28.1. The molecule has 2 aliphatic rings. The van der Waals surface area contributed by atoms with Crippen LogP contribution in [0.4, 0.5) is 0 Å². The normalized spacial score (nSPS) is 34.5. The highest BCUT2D eigenvalue weighted by Gasteiger charge is 2.48. The standard InChI is InChI=1S/C8H13N3O4/c1-2-14-8(13)5-4-6(12)9-3-10-7(4)15-11-5/h4-5,7,10-11H,2-3H2,1H3,(H,9,12). The van der Waals surface area contributed by atoms with Gasteiger partial charge < -0.3 is 10.1 Å². The van der Waals surface area contributed by atoms with Crippen LogP contribution in [0.25, 0.3) is 0 Å². The van der Waals surface area contributed by atoms with Gasteiger partial charge in [0.2, 0.25) is 5.91 Å². The first-order chi connectivity index (χ1) is 7.24. The third kappa shape index (κ3) is 1.81. The fraction of sp³-hybridized carbons (Fsp3) is 0.750. The summed E-state index contributed by atoms with van der Waals surface area (Å²) in [6.45, 7) is 2.34. The van der Waals surface area contributed by atoms with Crippen LogP contribution >= 0.6 is 0 Å². The molecule has 1 amide bonds. The van der Waals surface area contributed by atoms with Gasteiger partial charge in [-0.15, -0.1) is 0 Å². The van der Waals surface area contributed by atoms with Gasteiger partial charge in [0.05, 0.1) is 13.3 Å². The summed E-state index contributed by atoms with van der Waals surface area (Å²) in [7, 11) is 0. The van der Waals surface area contributed by atoms with Gasteiger partial charge in [0.25, 0.3) is 0 Å². The SMILES string of the molecule is CCOC(=O)C1NOC2NCNC(=O)C21. The monoisotopic (exact) mass is 215 g/mol. The summed E-state index contributed by atoms with van der Waals surface area (Å²) in [6, 6.07) is -0.734. The van der Waals surface area contributed by atoms with Crippen LogP contribution < -0.4 is 16.1 Å². The van der Waals surface area contributed by atoms with Crippen LogP contribution in [-0.4, -0.2) is 37.4 Å². The average Bonchev–Trinajstić information content (AvgIpc) is 2.63. The number of carbonyl (C=O) groups is 2. The van der Waals surface area contributed by atoms with Gasteiger partial charge in [-0.3, -0.25) is 19.7 Å². The number of esters is 1. The molecule has 3 N–H and O–H groups in total. The smallest absolute Gasteiger partial charge is 0.326 e. The lowest BCUT2D eigenvalue weighted by Crippen LogP contribution is -2.56. The molecule has 7 heteroatoms. The first-order valence-electron chi connectivity index (χ1n) is 4.83. The Hall–Kier alpha value is -1.18. The highest BCUT2D eigenvalue weighted by atomic mass is 16.7. The van der Waals surface area contributed by atoms with Crippen LogP contribution in [0.3, 0.4) is 0 Å². The van der Waals surface area contributed by atoms with Crippen LogP contribution in [0.15, 0.2) is 0 Å². The topological polar surface area (TPSA) is 88.7 Å². The molecule has 0 bridgehead atoms. The molecule has 84 valence electrons. The zero-order chi connectivity index (χ0) is 10.8. The maximum absolute atomic E-state index is 11.5. The number of carbonyl (C=O) groups excluding carboxylic acids is 2. The van der Waals surface area contributed by atoms with Crippen molar-refractivity contribution in [3.63, 3.8) is 0 Å². The highest BCUT2D eigenvalue weighted by Crippen LogP contribution is 2.20. The van der Waals surface area contributed by atoms with E-state index in [0.29, 0.717) is 6.67 Å². The summed E-state index contributed by atoms with van der Waals surface area (Å²) in [5.41, 5.74) is 2.52. The van der Waals surface area contributed by atoms with Gasteiger partial charge in [0, 0.05) is 0 Å². The molecule has 0 radical (unpaired) electrons. The molecular formula is C8H13N3O4. The van der Waals surface area contributed by atoms with Crippen LogP contribution in [-0.2, 0) is 19.2 Å². The van der Waals surface area contributed by atoms with Gasteiger partial charge in [-0.25, -0.2) is 0 Å². The van der Waals surface area contributed by atoms with E-state index in [2.05, 4.69) is 16.1 Å². The van der Waals surface area contributed by atoms with Gasteiger partial charge in [0.15, 0.2) is 0 Å². The van der Waals surface area contributed by atoms with Crippen molar-refractivity contribution in [1.29, 1.82) is 0 Å². The van der Waals surface area contributed by atoms with Crippen molar-refractivity contribution in [2.75, 3.05) is 13.3 Å². The number of hydroxylamine groups is 1. The second kappa shape index (κ2) is 4.13. The van der Waals surface area contributed by atoms with Crippen molar-refractivity contribution < 1.29 is 19.2 Å². The van der Waals surface area contributed by atoms with E-state index >= 15 is 0 Å². The molecule has 2 fully saturated rings. The number of rotatable bonds is 2. The lowest BCUT2D eigenvalue weighted by atomic mass is 9.97. The highest BCUT2D eigenvalue weighted by molar-refractivity contribution is 5.88. The van der Waals surface area contributed by atoms with Crippen molar-refractivity contribution in [3.8, 4) is 0 Å². The van der Waals surface area contributed by atoms with Crippen molar-refractivity contribution in [3.05, 3.63) is 0 Å². The van der Waals surface area contributed by atoms with Gasteiger partial charge >= 0.3 is 5.97 Å². The number of ether oxygens (including phenoxy) is 1. The fourth-order valence-electron chi connectivity index (χ4n) is 1.71. The number of amides is 1. The summed E-state index contributed by atoms with van der Waals surface area (Å²) >= 11 is 0. The van der Waals surface area contributed by atoms with E-state index in [4.69, 9.17) is 9.57 Å². The summed E-state index contributed by atoms with van der Waals surface area (Å²) in [5, 5.41) is 5.52. The van der Waals surface area contributed by atoms with Gasteiger partial charge in [-0.1, -0.05) is 0 Å². The summed E-state index contributed by atoms with van der Waals surface area (Å²) in [6.07, 6.45) is -0.465. The predicted molar refractivity (Wildman–Crippen MR) is 48.1 cm³/mol. The number of nitrogens with one attached hydrogen (secondary N) is 3. The Balaban J connectivity index is 2.07. The van der Waals surface area contributed by atoms with Gasteiger partial charge in [-0.2, -0.15) is 5.48 Å². The summed E-state index contributed by atoms with van der Waals surface area (Å²) in [5.74, 6) is -1.25. The fourth-order valence-corrected chi connectivity index (χ4v) is 1.71. The predicted octanol–water partition coefficient (Wildman–Crippen LogP) is -1.93. The largest absolute Gasteiger partial charge is 0.465 e. The molecule has 0 aliphatic carbocycles. The van der Waals surface area contributed by atoms with Crippen LogP contribution in [0.1, 0.15) is 6.92 Å². The van der Waals surface area contributed by atoms with Crippen molar-refractivity contribution >= 4 is 11.9 Å². The first kappa shape index (κ1) is 10.3. The maximum Gasteiger partial charge on any atom is 0.326 e. The molecule has 0 aromatic carbocycles. The number of hydrogen-bond acceptors (Lipinski definition) is 6. The van der Waals surface area contributed by atoms with Crippen molar-refractivity contribution in [2.45, 2.75) is 19.2 Å². The minimum atomic E-state index is -0.734. The lowest BCUT2D eigenvalue weighted by Gasteiger charge is -2.25. The van der Waals surface area contributed by atoms with E-state index in [1.807, 2.05) is 0 Å². The Morgan fingerprint density at radius 2 is 2.47 bits per heavy atom. The summed E-state index contributed by atoms with van der Waals surface area (Å²) < 4.78 is 4.83. The molecule has 0 saturated carbocycles. The second-order valence-electron chi connectivity index (χ2n) is 3.33.